The fraction of sp³-hybridized carbons (Fsp3) is 0. The molecule has 7 heterocycles. The zero-order valence-electron chi connectivity index (χ0n) is 59.6. The summed E-state index contributed by atoms with van der Waals surface area (Å²) < 4.78 is 4.45. The highest BCUT2D eigenvalue weighted by Gasteiger charge is 2.26. The van der Waals surface area contributed by atoms with E-state index in [9.17, 15) is 5.26 Å². The maximum absolute atomic E-state index is 10.9. The molecule has 0 radical (unpaired) electrons. The number of pyridine rings is 1. The van der Waals surface area contributed by atoms with E-state index in [1.165, 1.54) is 0 Å². The van der Waals surface area contributed by atoms with E-state index in [2.05, 4.69) is 94.1 Å². The minimum absolute atomic E-state index is 0.473. The quantitative estimate of drug-likeness (QED) is 0.0938. The summed E-state index contributed by atoms with van der Waals surface area (Å²) in [7, 11) is 0. The van der Waals surface area contributed by atoms with E-state index in [1.807, 2.05) is 273 Å². The van der Waals surface area contributed by atoms with Crippen LogP contribution in [0.15, 0.2) is 352 Å². The monoisotopic (exact) mass is 1430 g/mol. The average Bonchev–Trinajstić information content (AvgIpc) is 1.57. The molecule has 16 nitrogen and oxygen atoms in total. The Hall–Kier alpha value is -15.9. The second-order valence-electron chi connectivity index (χ2n) is 27.0. The molecule has 112 heavy (non-hydrogen) atoms. The number of rotatable bonds is 15. The SMILES string of the molecule is N#Cc1cccc(-c2cc(-n3c4cc(-c5nc(-c6ccccc6)nc(-c6ccccc6)n5)ccc4c4ccc(-c5nc(-c6ccccc6)nc(-c6ccccc6)n5)cc43)ncc2-n2c3cc(-c4nc(-c5ccccc5)nc(-c5ccccc5)n4)ccc3c3ccc(-c4nc(-c5ccccc5)nc(-c5ccccc5)n4)cc32)c1. The molecular formula is C96H58N16. The Morgan fingerprint density at radius 2 is 0.438 bits per heavy atom. The molecule has 20 rings (SSSR count). The highest BCUT2D eigenvalue weighted by molar-refractivity contribution is 6.13. The van der Waals surface area contributed by atoms with Gasteiger partial charge in [-0.2, -0.15) is 5.26 Å². The van der Waals surface area contributed by atoms with Crippen LogP contribution in [-0.4, -0.2) is 73.9 Å². The van der Waals surface area contributed by atoms with Gasteiger partial charge in [-0.15, -0.1) is 0 Å². The van der Waals surface area contributed by atoms with Gasteiger partial charge in [0, 0.05) is 93.9 Å². The van der Waals surface area contributed by atoms with Crippen LogP contribution in [0.25, 0.3) is 203 Å². The largest absolute Gasteiger partial charge is 0.307 e. The fourth-order valence-electron chi connectivity index (χ4n) is 14.6. The van der Waals surface area contributed by atoms with Crippen LogP contribution in [-0.2, 0) is 0 Å². The third kappa shape index (κ3) is 12.4. The zero-order chi connectivity index (χ0) is 74.4. The Labute approximate surface area is 641 Å². The van der Waals surface area contributed by atoms with Crippen LogP contribution in [0.2, 0.25) is 0 Å². The fourth-order valence-corrected chi connectivity index (χ4v) is 14.6. The molecule has 0 aliphatic heterocycles. The first-order valence-corrected chi connectivity index (χ1v) is 36.6. The molecule has 0 aliphatic rings. The maximum atomic E-state index is 10.9. The third-order valence-corrected chi connectivity index (χ3v) is 20.0. The van der Waals surface area contributed by atoms with E-state index < -0.39 is 0 Å². The minimum atomic E-state index is 0.473. The maximum Gasteiger partial charge on any atom is 0.164 e. The smallest absolute Gasteiger partial charge is 0.164 e. The van der Waals surface area contributed by atoms with Gasteiger partial charge in [0.25, 0.3) is 0 Å². The molecule has 0 spiro atoms. The summed E-state index contributed by atoms with van der Waals surface area (Å²) in [6, 6.07) is 118. The molecular weight excluding hydrogens is 1380 g/mol. The van der Waals surface area contributed by atoms with E-state index in [0.717, 1.165) is 122 Å². The van der Waals surface area contributed by atoms with Crippen molar-refractivity contribution in [3.8, 4) is 165 Å². The average molecular weight is 1440 g/mol. The predicted molar refractivity (Wildman–Crippen MR) is 442 cm³/mol. The van der Waals surface area contributed by atoms with E-state index in [1.54, 1.807) is 0 Å². The van der Waals surface area contributed by atoms with Crippen LogP contribution in [0.3, 0.4) is 0 Å². The number of nitrogens with zero attached hydrogens (tertiary/aromatic N) is 16. The van der Waals surface area contributed by atoms with Crippen LogP contribution < -0.4 is 0 Å². The number of hydrogen-bond donors (Lipinski definition) is 0. The van der Waals surface area contributed by atoms with Crippen molar-refractivity contribution in [1.82, 2.24) is 73.9 Å². The van der Waals surface area contributed by atoms with Gasteiger partial charge in [0.1, 0.15) is 5.82 Å². The second kappa shape index (κ2) is 28.1. The van der Waals surface area contributed by atoms with Crippen molar-refractivity contribution in [3.05, 3.63) is 358 Å². The molecule has 0 aliphatic carbocycles. The number of hydrogen-bond acceptors (Lipinski definition) is 14. The van der Waals surface area contributed by atoms with Crippen LogP contribution >= 0.6 is 0 Å². The Balaban J connectivity index is 0.856. The van der Waals surface area contributed by atoms with Gasteiger partial charge >= 0.3 is 0 Å². The van der Waals surface area contributed by atoms with Crippen molar-refractivity contribution < 1.29 is 0 Å². The summed E-state index contributed by atoms with van der Waals surface area (Å²) in [5.74, 6) is 6.76. The van der Waals surface area contributed by atoms with Crippen molar-refractivity contribution >= 4 is 43.6 Å². The van der Waals surface area contributed by atoms with E-state index in [0.29, 0.717) is 87.0 Å². The molecule has 20 aromatic rings. The normalized spacial score (nSPS) is 11.4. The second-order valence-corrected chi connectivity index (χ2v) is 27.0. The lowest BCUT2D eigenvalue weighted by molar-refractivity contribution is 1.05. The van der Waals surface area contributed by atoms with Gasteiger partial charge in [-0.25, -0.2) is 64.8 Å². The molecule has 0 saturated heterocycles. The molecule has 0 saturated carbocycles. The first-order chi connectivity index (χ1) is 55.4. The molecule has 0 amide bonds. The molecule has 13 aromatic carbocycles. The van der Waals surface area contributed by atoms with Crippen molar-refractivity contribution in [2.24, 2.45) is 0 Å². The van der Waals surface area contributed by atoms with Crippen molar-refractivity contribution in [2.75, 3.05) is 0 Å². The first-order valence-electron chi connectivity index (χ1n) is 36.6. The lowest BCUT2D eigenvalue weighted by Crippen LogP contribution is -2.04. The van der Waals surface area contributed by atoms with E-state index in [4.69, 9.17) is 64.8 Å². The van der Waals surface area contributed by atoms with Crippen molar-refractivity contribution in [3.63, 3.8) is 0 Å². The van der Waals surface area contributed by atoms with Crippen LogP contribution in [0.1, 0.15) is 5.56 Å². The predicted octanol–water partition coefficient (Wildman–Crippen LogP) is 21.6. The Kier molecular flexibility index (Phi) is 16.5. The molecule has 16 heteroatoms. The van der Waals surface area contributed by atoms with Gasteiger partial charge in [0.15, 0.2) is 69.9 Å². The highest BCUT2D eigenvalue weighted by Crippen LogP contribution is 2.43. The van der Waals surface area contributed by atoms with Gasteiger partial charge in [-0.05, 0) is 48.0 Å². The standard InChI is InChI=1S/C96H58N16/c97-58-60-26-25-43-69(52-60)78-57-84(112-81-55-72(95-107-89(65-35-17-5-18-36-65)101-90(108-95)66-37-19-6-20-38-66)46-50-76(81)77-51-47-73(56-82(77)112)96-109-91(67-39-21-7-22-40-67)102-92(110-96)68-41-23-8-24-42-68)98-59-83(78)111-79-53-70(93-103-85(61-27-9-1-10-28-61)99-86(104-93)62-29-11-2-12-30-62)44-48-74(79)75-49-45-71(54-80(75)111)94-105-87(63-31-13-3-14-32-63)100-88(106-94)64-33-15-4-16-34-64/h1-57,59H. The number of benzene rings is 13. The van der Waals surface area contributed by atoms with Gasteiger partial charge in [-0.3, -0.25) is 4.57 Å². The van der Waals surface area contributed by atoms with Gasteiger partial charge < -0.3 is 4.57 Å². The number of nitriles is 1. The third-order valence-electron chi connectivity index (χ3n) is 20.0. The first kappa shape index (κ1) is 65.6. The molecule has 522 valence electrons. The zero-order valence-corrected chi connectivity index (χ0v) is 59.6. The summed E-state index contributed by atoms with van der Waals surface area (Å²) >= 11 is 0. The summed E-state index contributed by atoms with van der Waals surface area (Å²) in [5.41, 5.74) is 15.7. The topological polar surface area (TPSA) is 201 Å². The lowest BCUT2D eigenvalue weighted by atomic mass is 10.0. The van der Waals surface area contributed by atoms with Crippen LogP contribution in [0, 0.1) is 11.3 Å². The van der Waals surface area contributed by atoms with E-state index in [-0.39, 0.29) is 0 Å². The molecule has 0 N–H and O–H groups in total. The Morgan fingerprint density at radius 3 is 0.688 bits per heavy atom. The van der Waals surface area contributed by atoms with Gasteiger partial charge in [-0.1, -0.05) is 303 Å². The summed E-state index contributed by atoms with van der Waals surface area (Å²) in [5, 5.41) is 14.6. The molecule has 0 atom stereocenters. The molecule has 7 aromatic heterocycles. The summed E-state index contributed by atoms with van der Waals surface area (Å²) in [6.07, 6.45) is 1.94. The van der Waals surface area contributed by atoms with Gasteiger partial charge in [0.2, 0.25) is 0 Å². The van der Waals surface area contributed by atoms with Crippen LogP contribution in [0.5, 0.6) is 0 Å². The summed E-state index contributed by atoms with van der Waals surface area (Å²) in [6.45, 7) is 0. The number of fused-ring (bicyclic) bond motifs is 6. The minimum Gasteiger partial charge on any atom is -0.307 e. The summed E-state index contributed by atoms with van der Waals surface area (Å²) in [4.78, 5) is 68.0. The molecule has 0 bridgehead atoms. The Bertz CT molecular complexity index is 6450. The molecule has 0 unspecified atom stereocenters. The van der Waals surface area contributed by atoms with E-state index >= 15 is 0 Å². The van der Waals surface area contributed by atoms with Gasteiger partial charge in [0.05, 0.1) is 45.6 Å². The van der Waals surface area contributed by atoms with Crippen molar-refractivity contribution in [1.29, 1.82) is 5.26 Å². The van der Waals surface area contributed by atoms with Crippen LogP contribution in [0.4, 0.5) is 0 Å². The van der Waals surface area contributed by atoms with Crippen molar-refractivity contribution in [2.45, 2.75) is 0 Å². The number of aromatic nitrogens is 15. The highest BCUT2D eigenvalue weighted by atomic mass is 15.1. The molecule has 0 fully saturated rings. The Morgan fingerprint density at radius 1 is 0.205 bits per heavy atom. The lowest BCUT2D eigenvalue weighted by Gasteiger charge is -2.17.